The Morgan fingerprint density at radius 1 is 0.842 bits per heavy atom. The topological polar surface area (TPSA) is 35.5 Å². The van der Waals surface area contributed by atoms with Gasteiger partial charge in [0, 0.05) is 25.0 Å². The van der Waals surface area contributed by atoms with E-state index in [1.54, 1.807) is 0 Å². The number of hydrogen-bond donors (Lipinski definition) is 0. The normalized spacial score (nSPS) is 12.7. The van der Waals surface area contributed by atoms with Crippen LogP contribution in [0, 0.1) is 10.8 Å². The van der Waals surface area contributed by atoms with Crippen molar-refractivity contribution in [1.29, 1.82) is 0 Å². The molecule has 0 rings (SSSR count). The van der Waals surface area contributed by atoms with Gasteiger partial charge in [-0.3, -0.25) is 4.79 Å². The number of carbonyl (C=O) groups is 1. The van der Waals surface area contributed by atoms with Gasteiger partial charge in [-0.1, -0.05) is 41.5 Å². The molecule has 0 aromatic rings. The summed E-state index contributed by atoms with van der Waals surface area (Å²) in [6, 6.07) is 0. The van der Waals surface area contributed by atoms with E-state index in [4.69, 9.17) is 9.47 Å². The Morgan fingerprint density at radius 2 is 1.37 bits per heavy atom. The second-order valence-corrected chi connectivity index (χ2v) is 7.31. The second-order valence-electron chi connectivity index (χ2n) is 7.31. The van der Waals surface area contributed by atoms with Gasteiger partial charge in [-0.05, 0) is 18.3 Å². The number of rotatable bonds is 9. The van der Waals surface area contributed by atoms with Crippen molar-refractivity contribution in [3.63, 3.8) is 0 Å². The molecule has 0 amide bonds. The number of Topliss-reactive ketones (excluding diaryl/α,β-unsaturated/α-hetero) is 1. The Morgan fingerprint density at radius 3 is 1.84 bits per heavy atom. The Labute approximate surface area is 119 Å². The van der Waals surface area contributed by atoms with Crippen molar-refractivity contribution < 1.29 is 14.3 Å². The van der Waals surface area contributed by atoms with Crippen molar-refractivity contribution in [1.82, 2.24) is 0 Å². The molecule has 3 heteroatoms. The van der Waals surface area contributed by atoms with E-state index in [9.17, 15) is 4.79 Å². The largest absolute Gasteiger partial charge is 0.379 e. The monoisotopic (exact) mass is 272 g/mol. The smallest absolute Gasteiger partial charge is 0.138 e. The van der Waals surface area contributed by atoms with Crippen molar-refractivity contribution in [2.75, 3.05) is 26.4 Å². The Kier molecular flexibility index (Phi) is 8.51. The molecule has 114 valence electrons. The van der Waals surface area contributed by atoms with E-state index in [1.807, 2.05) is 20.8 Å². The van der Waals surface area contributed by atoms with Crippen LogP contribution in [0.1, 0.15) is 60.8 Å². The Hall–Kier alpha value is -0.410. The van der Waals surface area contributed by atoms with Crippen LogP contribution in [0.3, 0.4) is 0 Å². The molecule has 19 heavy (non-hydrogen) atoms. The van der Waals surface area contributed by atoms with Gasteiger partial charge in [-0.2, -0.15) is 0 Å². The van der Waals surface area contributed by atoms with E-state index in [1.165, 1.54) is 0 Å². The first-order chi connectivity index (χ1) is 8.63. The molecule has 0 aromatic carbocycles. The molecular weight excluding hydrogens is 240 g/mol. The first-order valence-corrected chi connectivity index (χ1v) is 7.32. The van der Waals surface area contributed by atoms with E-state index >= 15 is 0 Å². The Bertz CT molecular complexity index is 246. The van der Waals surface area contributed by atoms with E-state index in [-0.39, 0.29) is 5.41 Å². The summed E-state index contributed by atoms with van der Waals surface area (Å²) < 4.78 is 11.0. The fourth-order valence-electron chi connectivity index (χ4n) is 1.41. The van der Waals surface area contributed by atoms with Crippen LogP contribution in [0.5, 0.6) is 0 Å². The predicted octanol–water partition coefficient (Wildman–Crippen LogP) is 3.85. The van der Waals surface area contributed by atoms with Crippen LogP contribution in [-0.2, 0) is 14.3 Å². The highest BCUT2D eigenvalue weighted by Crippen LogP contribution is 2.18. The predicted molar refractivity (Wildman–Crippen MR) is 79.4 cm³/mol. The van der Waals surface area contributed by atoms with Gasteiger partial charge in [-0.25, -0.2) is 0 Å². The van der Waals surface area contributed by atoms with Gasteiger partial charge in [0.2, 0.25) is 0 Å². The molecule has 0 atom stereocenters. The molecule has 0 saturated heterocycles. The maximum atomic E-state index is 11.7. The van der Waals surface area contributed by atoms with Crippen LogP contribution in [-0.4, -0.2) is 32.2 Å². The minimum Gasteiger partial charge on any atom is -0.379 e. The molecule has 0 radical (unpaired) electrons. The van der Waals surface area contributed by atoms with E-state index < -0.39 is 0 Å². The lowest BCUT2D eigenvalue weighted by Crippen LogP contribution is -2.20. The zero-order valence-corrected chi connectivity index (χ0v) is 13.7. The molecule has 0 N–H and O–H groups in total. The molecule has 0 aliphatic heterocycles. The van der Waals surface area contributed by atoms with Crippen LogP contribution >= 0.6 is 0 Å². The van der Waals surface area contributed by atoms with E-state index in [2.05, 4.69) is 20.8 Å². The van der Waals surface area contributed by atoms with Gasteiger partial charge < -0.3 is 9.47 Å². The molecule has 0 aliphatic carbocycles. The van der Waals surface area contributed by atoms with Gasteiger partial charge in [0.1, 0.15) is 5.78 Å². The van der Waals surface area contributed by atoms with Crippen molar-refractivity contribution in [2.24, 2.45) is 10.8 Å². The average molecular weight is 272 g/mol. The highest BCUT2D eigenvalue weighted by atomic mass is 16.5. The third-order valence-electron chi connectivity index (χ3n) is 2.90. The lowest BCUT2D eigenvalue weighted by atomic mass is 9.88. The number of hydrogen-bond acceptors (Lipinski definition) is 3. The summed E-state index contributed by atoms with van der Waals surface area (Å²) in [4.78, 5) is 11.7. The molecule has 0 aliphatic rings. The zero-order valence-electron chi connectivity index (χ0n) is 13.7. The minimum absolute atomic E-state index is 0.226. The highest BCUT2D eigenvalue weighted by molar-refractivity contribution is 5.83. The van der Waals surface area contributed by atoms with Gasteiger partial charge in [0.15, 0.2) is 0 Å². The third-order valence-corrected chi connectivity index (χ3v) is 2.90. The van der Waals surface area contributed by atoms with Crippen molar-refractivity contribution in [3.05, 3.63) is 0 Å². The first kappa shape index (κ1) is 18.6. The summed E-state index contributed by atoms with van der Waals surface area (Å²) in [7, 11) is 0. The molecule has 0 aromatic heterocycles. The van der Waals surface area contributed by atoms with Crippen LogP contribution in [0.2, 0.25) is 0 Å². The van der Waals surface area contributed by atoms with Crippen LogP contribution in [0.25, 0.3) is 0 Å². The molecular formula is C16H32O3. The van der Waals surface area contributed by atoms with E-state index in [0.717, 1.165) is 19.4 Å². The molecule has 0 fully saturated rings. The fourth-order valence-corrected chi connectivity index (χ4v) is 1.41. The van der Waals surface area contributed by atoms with Crippen LogP contribution in [0.4, 0.5) is 0 Å². The zero-order chi connectivity index (χ0) is 14.9. The van der Waals surface area contributed by atoms with Crippen LogP contribution in [0.15, 0.2) is 0 Å². The lowest BCUT2D eigenvalue weighted by molar-refractivity contribution is -0.126. The van der Waals surface area contributed by atoms with Crippen molar-refractivity contribution >= 4 is 5.78 Å². The maximum Gasteiger partial charge on any atom is 0.138 e. The average Bonchev–Trinajstić information content (AvgIpc) is 2.23. The first-order valence-electron chi connectivity index (χ1n) is 7.32. The van der Waals surface area contributed by atoms with Crippen molar-refractivity contribution in [2.45, 2.75) is 60.8 Å². The highest BCUT2D eigenvalue weighted by Gasteiger charge is 2.19. The molecule has 0 bridgehead atoms. The number of carbonyl (C=O) groups excluding carboxylic acids is 1. The SMILES string of the molecule is CC(C)(C)CCOCCOCCCC(=O)C(C)(C)C. The van der Waals surface area contributed by atoms with Gasteiger partial charge in [0.05, 0.1) is 13.2 Å². The summed E-state index contributed by atoms with van der Waals surface area (Å²) in [5.41, 5.74) is 0.101. The van der Waals surface area contributed by atoms with Crippen LogP contribution < -0.4 is 0 Å². The summed E-state index contributed by atoms with van der Waals surface area (Å²) in [6.07, 6.45) is 2.47. The summed E-state index contributed by atoms with van der Waals surface area (Å²) >= 11 is 0. The molecule has 0 heterocycles. The van der Waals surface area contributed by atoms with Gasteiger partial charge >= 0.3 is 0 Å². The maximum absolute atomic E-state index is 11.7. The summed E-state index contributed by atoms with van der Waals surface area (Å²) in [6.45, 7) is 15.2. The lowest BCUT2D eigenvalue weighted by Gasteiger charge is -2.17. The number of ether oxygens (including phenoxy) is 2. The fraction of sp³-hybridized carbons (Fsp3) is 0.938. The molecule has 0 spiro atoms. The van der Waals surface area contributed by atoms with Crippen molar-refractivity contribution in [3.8, 4) is 0 Å². The van der Waals surface area contributed by atoms with E-state index in [0.29, 0.717) is 37.4 Å². The quantitative estimate of drug-likeness (QED) is 0.598. The van der Waals surface area contributed by atoms with Gasteiger partial charge in [0.25, 0.3) is 0 Å². The second kappa shape index (κ2) is 8.70. The molecule has 3 nitrogen and oxygen atoms in total. The summed E-state index contributed by atoms with van der Waals surface area (Å²) in [5, 5.41) is 0. The minimum atomic E-state index is -0.226. The molecule has 0 unspecified atom stereocenters. The van der Waals surface area contributed by atoms with Gasteiger partial charge in [-0.15, -0.1) is 0 Å². The Balaban J connectivity index is 3.31. The summed E-state index contributed by atoms with van der Waals surface area (Å²) in [5.74, 6) is 0.303. The standard InChI is InChI=1S/C16H32O3/c1-15(2,3)9-11-19-13-12-18-10-7-8-14(17)16(4,5)6/h7-13H2,1-6H3. The third kappa shape index (κ3) is 12.4. The molecule has 0 saturated carbocycles. The number of ketones is 1.